The first-order valence-corrected chi connectivity index (χ1v) is 8.36. The largest absolute Gasteiger partial charge is 0.307 e. The molecule has 0 unspecified atom stereocenters. The standard InChI is InChI=1S/C16H28N2S/c1-5-10-18(13-6-7-13)12-15-9-8-14(19-15)11-17-16(2,3)4/h8-9,13,17H,5-7,10-12H2,1-4H3. The van der Waals surface area contributed by atoms with Crippen molar-refractivity contribution in [1.82, 2.24) is 10.2 Å². The van der Waals surface area contributed by atoms with Crippen molar-refractivity contribution in [2.75, 3.05) is 6.54 Å². The van der Waals surface area contributed by atoms with Crippen LogP contribution < -0.4 is 5.32 Å². The van der Waals surface area contributed by atoms with E-state index in [4.69, 9.17) is 0 Å². The summed E-state index contributed by atoms with van der Waals surface area (Å²) in [5, 5.41) is 3.56. The van der Waals surface area contributed by atoms with Gasteiger partial charge in [0, 0.05) is 34.4 Å². The lowest BCUT2D eigenvalue weighted by Gasteiger charge is -2.20. The van der Waals surface area contributed by atoms with Crippen LogP contribution in [0, 0.1) is 0 Å². The van der Waals surface area contributed by atoms with Gasteiger partial charge in [0.2, 0.25) is 0 Å². The van der Waals surface area contributed by atoms with Gasteiger partial charge in [-0.3, -0.25) is 4.90 Å². The van der Waals surface area contributed by atoms with E-state index in [1.807, 2.05) is 11.3 Å². The van der Waals surface area contributed by atoms with Crippen LogP contribution >= 0.6 is 11.3 Å². The van der Waals surface area contributed by atoms with E-state index in [9.17, 15) is 0 Å². The molecule has 3 heteroatoms. The maximum absolute atomic E-state index is 3.56. The Kier molecular flexibility index (Phi) is 5.04. The molecular weight excluding hydrogens is 252 g/mol. The van der Waals surface area contributed by atoms with Crippen molar-refractivity contribution >= 4 is 11.3 Å². The second kappa shape index (κ2) is 6.38. The second-order valence-electron chi connectivity index (χ2n) is 6.67. The van der Waals surface area contributed by atoms with E-state index in [1.54, 1.807) is 0 Å². The first kappa shape index (κ1) is 15.0. The predicted molar refractivity (Wildman–Crippen MR) is 84.6 cm³/mol. The van der Waals surface area contributed by atoms with Crippen molar-refractivity contribution in [1.29, 1.82) is 0 Å². The van der Waals surface area contributed by atoms with Gasteiger partial charge in [-0.25, -0.2) is 0 Å². The molecule has 2 rings (SSSR count). The van der Waals surface area contributed by atoms with Crippen LogP contribution in [0.1, 0.15) is 56.7 Å². The molecule has 1 aromatic heterocycles. The summed E-state index contributed by atoms with van der Waals surface area (Å²) in [4.78, 5) is 5.63. The summed E-state index contributed by atoms with van der Waals surface area (Å²) in [6.07, 6.45) is 4.08. The zero-order valence-corrected chi connectivity index (χ0v) is 13.6. The van der Waals surface area contributed by atoms with Gasteiger partial charge < -0.3 is 5.32 Å². The van der Waals surface area contributed by atoms with Crippen molar-refractivity contribution in [3.8, 4) is 0 Å². The van der Waals surface area contributed by atoms with E-state index in [2.05, 4.69) is 50.0 Å². The molecule has 19 heavy (non-hydrogen) atoms. The molecule has 1 aromatic rings. The first-order chi connectivity index (χ1) is 8.98. The summed E-state index contributed by atoms with van der Waals surface area (Å²) in [6, 6.07) is 5.48. The summed E-state index contributed by atoms with van der Waals surface area (Å²) in [5.74, 6) is 0. The molecule has 2 nitrogen and oxygen atoms in total. The Hall–Kier alpha value is -0.380. The zero-order valence-electron chi connectivity index (χ0n) is 12.8. The highest BCUT2D eigenvalue weighted by molar-refractivity contribution is 7.11. The van der Waals surface area contributed by atoms with Gasteiger partial charge in [0.25, 0.3) is 0 Å². The van der Waals surface area contributed by atoms with Crippen molar-refractivity contribution in [3.63, 3.8) is 0 Å². The Labute approximate surface area is 122 Å². The van der Waals surface area contributed by atoms with Crippen LogP contribution in [0.5, 0.6) is 0 Å². The lowest BCUT2D eigenvalue weighted by molar-refractivity contribution is 0.257. The van der Waals surface area contributed by atoms with Crippen LogP contribution in [0.2, 0.25) is 0 Å². The van der Waals surface area contributed by atoms with Crippen LogP contribution in [0.25, 0.3) is 0 Å². The third kappa shape index (κ3) is 5.25. The third-order valence-electron chi connectivity index (χ3n) is 3.44. The van der Waals surface area contributed by atoms with Gasteiger partial charge in [0.1, 0.15) is 0 Å². The number of nitrogens with one attached hydrogen (secondary N) is 1. The number of hydrogen-bond donors (Lipinski definition) is 1. The fourth-order valence-corrected chi connectivity index (χ4v) is 3.26. The molecule has 0 atom stereocenters. The van der Waals surface area contributed by atoms with Crippen molar-refractivity contribution in [2.45, 2.75) is 71.6 Å². The third-order valence-corrected chi connectivity index (χ3v) is 4.51. The highest BCUT2D eigenvalue weighted by atomic mass is 32.1. The summed E-state index contributed by atoms with van der Waals surface area (Å²) in [6.45, 7) is 12.3. The van der Waals surface area contributed by atoms with E-state index in [0.29, 0.717) is 0 Å². The van der Waals surface area contributed by atoms with Crippen LogP contribution in [-0.2, 0) is 13.1 Å². The van der Waals surface area contributed by atoms with Gasteiger partial charge in [-0.1, -0.05) is 6.92 Å². The van der Waals surface area contributed by atoms with Crippen LogP contribution in [-0.4, -0.2) is 23.0 Å². The minimum absolute atomic E-state index is 0.201. The summed E-state index contributed by atoms with van der Waals surface area (Å²) < 4.78 is 0. The average molecular weight is 280 g/mol. The Balaban J connectivity index is 1.85. The van der Waals surface area contributed by atoms with Gasteiger partial charge >= 0.3 is 0 Å². The minimum atomic E-state index is 0.201. The lowest BCUT2D eigenvalue weighted by atomic mass is 10.1. The molecule has 1 aliphatic carbocycles. The SMILES string of the molecule is CCCN(Cc1ccc(CNC(C)(C)C)s1)C1CC1. The fourth-order valence-electron chi connectivity index (χ4n) is 2.27. The minimum Gasteiger partial charge on any atom is -0.307 e. The Morgan fingerprint density at radius 3 is 2.53 bits per heavy atom. The van der Waals surface area contributed by atoms with E-state index < -0.39 is 0 Å². The molecule has 1 saturated carbocycles. The topological polar surface area (TPSA) is 15.3 Å². The Bertz CT molecular complexity index is 388. The Morgan fingerprint density at radius 1 is 1.26 bits per heavy atom. The highest BCUT2D eigenvalue weighted by Gasteiger charge is 2.28. The van der Waals surface area contributed by atoms with Crippen molar-refractivity contribution < 1.29 is 0 Å². The van der Waals surface area contributed by atoms with Crippen molar-refractivity contribution in [2.24, 2.45) is 0 Å². The molecule has 1 fully saturated rings. The molecule has 1 aliphatic rings. The quantitative estimate of drug-likeness (QED) is 0.812. The van der Waals surface area contributed by atoms with Crippen LogP contribution in [0.4, 0.5) is 0 Å². The molecular formula is C16H28N2S. The summed E-state index contributed by atoms with van der Waals surface area (Å²) in [5.41, 5.74) is 0.201. The molecule has 0 radical (unpaired) electrons. The molecule has 0 aromatic carbocycles. The number of hydrogen-bond acceptors (Lipinski definition) is 3. The molecule has 0 amide bonds. The van der Waals surface area contributed by atoms with Crippen LogP contribution in [0.3, 0.4) is 0 Å². The summed E-state index contributed by atoms with van der Waals surface area (Å²) >= 11 is 1.97. The fraction of sp³-hybridized carbons (Fsp3) is 0.750. The van der Waals surface area contributed by atoms with E-state index >= 15 is 0 Å². The molecule has 0 aliphatic heterocycles. The maximum Gasteiger partial charge on any atom is 0.0330 e. The first-order valence-electron chi connectivity index (χ1n) is 7.54. The molecule has 1 heterocycles. The van der Waals surface area contributed by atoms with Gasteiger partial charge in [0.15, 0.2) is 0 Å². The number of nitrogens with zero attached hydrogens (tertiary/aromatic N) is 1. The van der Waals surface area contributed by atoms with Crippen molar-refractivity contribution in [3.05, 3.63) is 21.9 Å². The molecule has 1 N–H and O–H groups in total. The molecule has 0 spiro atoms. The van der Waals surface area contributed by atoms with E-state index in [-0.39, 0.29) is 5.54 Å². The van der Waals surface area contributed by atoms with E-state index in [1.165, 1.54) is 35.6 Å². The molecule has 0 saturated heterocycles. The number of rotatable bonds is 7. The van der Waals surface area contributed by atoms with Gasteiger partial charge in [-0.05, 0) is 58.7 Å². The second-order valence-corrected chi connectivity index (χ2v) is 7.93. The maximum atomic E-state index is 3.56. The average Bonchev–Trinajstić information content (AvgIpc) is 3.07. The van der Waals surface area contributed by atoms with Crippen LogP contribution in [0.15, 0.2) is 12.1 Å². The lowest BCUT2D eigenvalue weighted by Crippen LogP contribution is -2.34. The van der Waals surface area contributed by atoms with Gasteiger partial charge in [-0.15, -0.1) is 11.3 Å². The Morgan fingerprint density at radius 2 is 1.95 bits per heavy atom. The normalized spacial score (nSPS) is 16.3. The van der Waals surface area contributed by atoms with Gasteiger partial charge in [0.05, 0.1) is 0 Å². The monoisotopic (exact) mass is 280 g/mol. The smallest absolute Gasteiger partial charge is 0.0330 e. The van der Waals surface area contributed by atoms with E-state index in [0.717, 1.165) is 19.1 Å². The number of thiophene rings is 1. The zero-order chi connectivity index (χ0) is 13.9. The predicted octanol–water partition coefficient (Wildman–Crippen LogP) is 4.01. The van der Waals surface area contributed by atoms with Gasteiger partial charge in [-0.2, -0.15) is 0 Å². The molecule has 108 valence electrons. The summed E-state index contributed by atoms with van der Waals surface area (Å²) in [7, 11) is 0. The molecule has 0 bridgehead atoms. The highest BCUT2D eigenvalue weighted by Crippen LogP contribution is 2.30.